The van der Waals surface area contributed by atoms with Crippen LogP contribution in [-0.4, -0.2) is 92.0 Å². The van der Waals surface area contributed by atoms with Gasteiger partial charge in [-0.05, 0) is 29.7 Å². The predicted octanol–water partition coefficient (Wildman–Crippen LogP) is 4.78. The standard InChI is InChI=1S/C30H36ClN5O3S/c1-34(15-13-24-11-12-25(38-2)26(20-24)39-3)28-21-27(31)32-30(33-28)40-22-29(37)36-18-16-35(17-19-36)14-7-10-23-8-5-4-6-9-23/h4-12,20-21H,13-19,22H2,1-3H3/b10-7+. The molecule has 0 atom stereocenters. The van der Waals surface area contributed by atoms with Gasteiger partial charge in [0.1, 0.15) is 11.0 Å². The molecule has 2 heterocycles. The van der Waals surface area contributed by atoms with Crippen LogP contribution >= 0.6 is 23.4 Å². The summed E-state index contributed by atoms with van der Waals surface area (Å²) in [4.78, 5) is 28.2. The van der Waals surface area contributed by atoms with E-state index in [-0.39, 0.29) is 11.7 Å². The fraction of sp³-hybridized carbons (Fsp3) is 0.367. The van der Waals surface area contributed by atoms with Crippen molar-refractivity contribution in [2.45, 2.75) is 11.6 Å². The molecule has 1 saturated heterocycles. The highest BCUT2D eigenvalue weighted by Gasteiger charge is 2.21. The second-order valence-corrected chi connectivity index (χ2v) is 10.8. The first-order valence-electron chi connectivity index (χ1n) is 13.3. The fourth-order valence-electron chi connectivity index (χ4n) is 4.39. The van der Waals surface area contributed by atoms with Crippen LogP contribution in [0.4, 0.5) is 5.82 Å². The molecule has 0 aliphatic carbocycles. The molecule has 0 spiro atoms. The number of ether oxygens (including phenoxy) is 2. The summed E-state index contributed by atoms with van der Waals surface area (Å²) in [6, 6.07) is 17.9. The van der Waals surface area contributed by atoms with Gasteiger partial charge in [0.2, 0.25) is 5.91 Å². The molecule has 2 aromatic carbocycles. The van der Waals surface area contributed by atoms with E-state index in [1.165, 1.54) is 17.3 Å². The zero-order valence-electron chi connectivity index (χ0n) is 23.3. The molecule has 1 aliphatic heterocycles. The number of carbonyl (C=O) groups excluding carboxylic acids is 1. The molecule has 4 rings (SSSR count). The normalized spacial score (nSPS) is 13.9. The minimum Gasteiger partial charge on any atom is -0.493 e. The van der Waals surface area contributed by atoms with E-state index in [9.17, 15) is 4.79 Å². The van der Waals surface area contributed by atoms with Crippen LogP contribution in [0.2, 0.25) is 5.15 Å². The smallest absolute Gasteiger partial charge is 0.233 e. The molecule has 10 heteroatoms. The number of methoxy groups -OCH3 is 2. The molecule has 0 unspecified atom stereocenters. The lowest BCUT2D eigenvalue weighted by Gasteiger charge is -2.34. The molecule has 1 fully saturated rings. The van der Waals surface area contributed by atoms with E-state index in [4.69, 9.17) is 21.1 Å². The number of aromatic nitrogens is 2. The number of anilines is 1. The number of carbonyl (C=O) groups is 1. The second-order valence-electron chi connectivity index (χ2n) is 9.48. The summed E-state index contributed by atoms with van der Waals surface area (Å²) >= 11 is 7.64. The number of hydrogen-bond donors (Lipinski definition) is 0. The Balaban J connectivity index is 1.24. The quantitative estimate of drug-likeness (QED) is 0.172. The van der Waals surface area contributed by atoms with Gasteiger partial charge in [-0.15, -0.1) is 0 Å². The lowest BCUT2D eigenvalue weighted by molar-refractivity contribution is -0.130. The third-order valence-corrected chi connectivity index (χ3v) is 7.78. The minimum absolute atomic E-state index is 0.0939. The molecular weight excluding hydrogens is 546 g/mol. The number of rotatable bonds is 12. The number of likely N-dealkylation sites (N-methyl/N-ethyl adjacent to an activating group) is 1. The van der Waals surface area contributed by atoms with E-state index in [0.717, 1.165) is 51.3 Å². The zero-order chi connectivity index (χ0) is 28.3. The highest BCUT2D eigenvalue weighted by Crippen LogP contribution is 2.28. The number of piperazine rings is 1. The van der Waals surface area contributed by atoms with Gasteiger partial charge in [0.15, 0.2) is 16.7 Å². The van der Waals surface area contributed by atoms with Crippen LogP contribution in [0.3, 0.4) is 0 Å². The number of benzene rings is 2. The summed E-state index contributed by atoms with van der Waals surface area (Å²) in [5.74, 6) is 2.50. The Labute approximate surface area is 245 Å². The lowest BCUT2D eigenvalue weighted by Crippen LogP contribution is -2.49. The fourth-order valence-corrected chi connectivity index (χ4v) is 5.38. The number of halogens is 1. The van der Waals surface area contributed by atoms with Crippen molar-refractivity contribution in [1.29, 1.82) is 0 Å². The largest absolute Gasteiger partial charge is 0.493 e. The van der Waals surface area contributed by atoms with Gasteiger partial charge in [-0.2, -0.15) is 0 Å². The molecule has 0 N–H and O–H groups in total. The topological polar surface area (TPSA) is 71.0 Å². The molecule has 212 valence electrons. The molecule has 1 amide bonds. The van der Waals surface area contributed by atoms with Crippen LogP contribution in [0, 0.1) is 0 Å². The number of thioether (sulfide) groups is 1. The Hall–Kier alpha value is -3.27. The van der Waals surface area contributed by atoms with Gasteiger partial charge < -0.3 is 19.3 Å². The average Bonchev–Trinajstić information content (AvgIpc) is 2.99. The zero-order valence-corrected chi connectivity index (χ0v) is 24.8. The van der Waals surface area contributed by atoms with Crippen LogP contribution in [-0.2, 0) is 11.2 Å². The summed E-state index contributed by atoms with van der Waals surface area (Å²) < 4.78 is 10.7. The van der Waals surface area contributed by atoms with Crippen molar-refractivity contribution in [1.82, 2.24) is 19.8 Å². The molecule has 3 aromatic rings. The Morgan fingerprint density at radius 3 is 2.50 bits per heavy atom. The molecule has 0 radical (unpaired) electrons. The van der Waals surface area contributed by atoms with Crippen LogP contribution in [0.5, 0.6) is 11.5 Å². The van der Waals surface area contributed by atoms with E-state index >= 15 is 0 Å². The molecule has 1 aromatic heterocycles. The summed E-state index contributed by atoms with van der Waals surface area (Å²) in [5.41, 5.74) is 2.32. The van der Waals surface area contributed by atoms with Gasteiger partial charge in [-0.1, -0.05) is 71.9 Å². The first-order valence-corrected chi connectivity index (χ1v) is 14.6. The van der Waals surface area contributed by atoms with Crippen LogP contribution < -0.4 is 14.4 Å². The van der Waals surface area contributed by atoms with E-state index < -0.39 is 0 Å². The van der Waals surface area contributed by atoms with E-state index in [0.29, 0.717) is 27.6 Å². The van der Waals surface area contributed by atoms with Gasteiger partial charge in [0, 0.05) is 52.4 Å². The van der Waals surface area contributed by atoms with E-state index in [2.05, 4.69) is 39.2 Å². The van der Waals surface area contributed by atoms with Crippen LogP contribution in [0.15, 0.2) is 65.8 Å². The Morgan fingerprint density at radius 1 is 1.02 bits per heavy atom. The summed E-state index contributed by atoms with van der Waals surface area (Å²) in [6.07, 6.45) is 5.11. The Kier molecular flexibility index (Phi) is 11.1. The van der Waals surface area contributed by atoms with Gasteiger partial charge >= 0.3 is 0 Å². The first-order chi connectivity index (χ1) is 19.4. The van der Waals surface area contributed by atoms with Crippen LogP contribution in [0.1, 0.15) is 11.1 Å². The van der Waals surface area contributed by atoms with Crippen molar-refractivity contribution in [2.75, 3.05) is 71.2 Å². The van der Waals surface area contributed by atoms with Gasteiger partial charge in [0.05, 0.1) is 20.0 Å². The summed E-state index contributed by atoms with van der Waals surface area (Å²) in [7, 11) is 5.22. The van der Waals surface area contributed by atoms with E-state index in [1.54, 1.807) is 20.3 Å². The van der Waals surface area contributed by atoms with E-state index in [1.807, 2.05) is 53.2 Å². The number of hydrogen-bond acceptors (Lipinski definition) is 8. The molecule has 8 nitrogen and oxygen atoms in total. The Morgan fingerprint density at radius 2 is 1.77 bits per heavy atom. The highest BCUT2D eigenvalue weighted by atomic mass is 35.5. The van der Waals surface area contributed by atoms with Gasteiger partial charge in [-0.25, -0.2) is 9.97 Å². The van der Waals surface area contributed by atoms with Crippen molar-refractivity contribution < 1.29 is 14.3 Å². The molecule has 0 saturated carbocycles. The third kappa shape index (κ3) is 8.61. The number of nitrogens with zero attached hydrogens (tertiary/aromatic N) is 5. The predicted molar refractivity (Wildman–Crippen MR) is 163 cm³/mol. The van der Waals surface area contributed by atoms with Gasteiger partial charge in [-0.3, -0.25) is 9.69 Å². The summed E-state index contributed by atoms with van der Waals surface area (Å²) in [5, 5.41) is 0.855. The highest BCUT2D eigenvalue weighted by molar-refractivity contribution is 7.99. The molecule has 0 bridgehead atoms. The maximum Gasteiger partial charge on any atom is 0.233 e. The molecular formula is C30H36ClN5O3S. The van der Waals surface area contributed by atoms with Crippen molar-refractivity contribution in [2.24, 2.45) is 0 Å². The van der Waals surface area contributed by atoms with Crippen molar-refractivity contribution in [3.05, 3.63) is 77.0 Å². The van der Waals surface area contributed by atoms with Crippen molar-refractivity contribution in [3.8, 4) is 11.5 Å². The SMILES string of the molecule is COc1ccc(CCN(C)c2cc(Cl)nc(SCC(=O)N3CCN(C/C=C/c4ccccc4)CC3)n2)cc1OC. The monoisotopic (exact) mass is 581 g/mol. The van der Waals surface area contributed by atoms with Crippen LogP contribution in [0.25, 0.3) is 6.08 Å². The average molecular weight is 582 g/mol. The van der Waals surface area contributed by atoms with Crippen molar-refractivity contribution >= 4 is 41.2 Å². The van der Waals surface area contributed by atoms with Gasteiger partial charge in [0.25, 0.3) is 0 Å². The first kappa shape index (κ1) is 29.7. The Bertz CT molecular complexity index is 1290. The minimum atomic E-state index is 0.0939. The maximum absolute atomic E-state index is 12.9. The molecule has 1 aliphatic rings. The third-order valence-electron chi connectivity index (χ3n) is 6.76. The summed E-state index contributed by atoms with van der Waals surface area (Å²) in [6.45, 7) is 4.76. The molecule has 40 heavy (non-hydrogen) atoms. The number of amides is 1. The lowest BCUT2D eigenvalue weighted by atomic mass is 10.1. The second kappa shape index (κ2) is 14.9. The maximum atomic E-state index is 12.9. The van der Waals surface area contributed by atoms with Crippen molar-refractivity contribution in [3.63, 3.8) is 0 Å².